The maximum atomic E-state index is 6.06. The van der Waals surface area contributed by atoms with Crippen LogP contribution in [0.25, 0.3) is 0 Å². The van der Waals surface area contributed by atoms with Gasteiger partial charge in [-0.3, -0.25) is 0 Å². The van der Waals surface area contributed by atoms with Gasteiger partial charge in [0.25, 0.3) is 0 Å². The molecule has 0 spiro atoms. The van der Waals surface area contributed by atoms with Crippen molar-refractivity contribution >= 4 is 17.4 Å². The third-order valence-electron chi connectivity index (χ3n) is 3.76. The highest BCUT2D eigenvalue weighted by Crippen LogP contribution is 2.26. The molecule has 2 N–H and O–H groups in total. The minimum Gasteiger partial charge on any atom is -0.347 e. The zero-order chi connectivity index (χ0) is 13.5. The number of anilines is 1. The van der Waals surface area contributed by atoms with E-state index in [9.17, 15) is 0 Å². The molecule has 1 aliphatic rings. The molecule has 1 unspecified atom stereocenters. The van der Waals surface area contributed by atoms with E-state index in [1.807, 2.05) is 11.8 Å². The van der Waals surface area contributed by atoms with Gasteiger partial charge in [-0.1, -0.05) is 44.7 Å². The van der Waals surface area contributed by atoms with Gasteiger partial charge in [0.15, 0.2) is 0 Å². The molecule has 0 saturated carbocycles. The Morgan fingerprint density at radius 1 is 1.16 bits per heavy atom. The van der Waals surface area contributed by atoms with Gasteiger partial charge in [0, 0.05) is 18.0 Å². The van der Waals surface area contributed by atoms with Gasteiger partial charge in [0.05, 0.1) is 0 Å². The SMILES string of the molecule is CCCCCCCc1ccc(N2CCSC2N)cc1. The molecule has 2 rings (SSSR count). The van der Waals surface area contributed by atoms with Gasteiger partial charge < -0.3 is 10.6 Å². The number of unbranched alkanes of at least 4 members (excludes halogenated alkanes) is 4. The molecule has 1 atom stereocenters. The van der Waals surface area contributed by atoms with Crippen LogP contribution in [0.4, 0.5) is 5.69 Å². The van der Waals surface area contributed by atoms with E-state index < -0.39 is 0 Å². The van der Waals surface area contributed by atoms with Crippen LogP contribution < -0.4 is 10.6 Å². The first kappa shape index (κ1) is 14.7. The van der Waals surface area contributed by atoms with Gasteiger partial charge in [-0.15, -0.1) is 11.8 Å². The van der Waals surface area contributed by atoms with Crippen LogP contribution in [0, 0.1) is 0 Å². The maximum absolute atomic E-state index is 6.06. The summed E-state index contributed by atoms with van der Waals surface area (Å²) < 4.78 is 0. The predicted octanol–water partition coefficient (Wildman–Crippen LogP) is 4.00. The minimum absolute atomic E-state index is 0.139. The molecule has 0 bridgehead atoms. The van der Waals surface area contributed by atoms with Gasteiger partial charge in [-0.25, -0.2) is 0 Å². The summed E-state index contributed by atoms with van der Waals surface area (Å²) in [6, 6.07) is 9.00. The fourth-order valence-electron chi connectivity index (χ4n) is 2.55. The molecule has 1 aromatic carbocycles. The van der Waals surface area contributed by atoms with Gasteiger partial charge in [-0.05, 0) is 30.5 Å². The summed E-state index contributed by atoms with van der Waals surface area (Å²) >= 11 is 1.83. The number of benzene rings is 1. The standard InChI is InChI=1S/C16H26N2S/c1-2-3-4-5-6-7-14-8-10-15(11-9-14)18-12-13-19-16(18)17/h8-11,16H,2-7,12-13,17H2,1H3. The molecule has 0 aromatic heterocycles. The summed E-state index contributed by atoms with van der Waals surface area (Å²) in [5.41, 5.74) is 8.93. The van der Waals surface area contributed by atoms with Crippen LogP contribution in [0.2, 0.25) is 0 Å². The first-order valence-electron chi connectivity index (χ1n) is 7.54. The van der Waals surface area contributed by atoms with Crippen molar-refractivity contribution in [2.45, 2.75) is 50.9 Å². The number of nitrogens with two attached hydrogens (primary N) is 1. The van der Waals surface area contributed by atoms with Crippen molar-refractivity contribution in [3.8, 4) is 0 Å². The molecule has 1 heterocycles. The summed E-state index contributed by atoms with van der Waals surface area (Å²) in [5, 5.41) is 0. The molecule has 1 fully saturated rings. The van der Waals surface area contributed by atoms with Crippen molar-refractivity contribution in [3.05, 3.63) is 29.8 Å². The Kier molecular flexibility index (Phi) is 6.05. The monoisotopic (exact) mass is 278 g/mol. The fraction of sp³-hybridized carbons (Fsp3) is 0.625. The van der Waals surface area contributed by atoms with E-state index in [1.54, 1.807) is 0 Å². The zero-order valence-electron chi connectivity index (χ0n) is 12.0. The highest BCUT2D eigenvalue weighted by molar-refractivity contribution is 8.00. The summed E-state index contributed by atoms with van der Waals surface area (Å²) in [7, 11) is 0. The molecule has 19 heavy (non-hydrogen) atoms. The van der Waals surface area contributed by atoms with Crippen LogP contribution in [-0.4, -0.2) is 17.8 Å². The van der Waals surface area contributed by atoms with E-state index in [4.69, 9.17) is 5.73 Å². The molecule has 1 aliphatic heterocycles. The summed E-state index contributed by atoms with van der Waals surface area (Å²) in [6.07, 6.45) is 7.98. The lowest BCUT2D eigenvalue weighted by atomic mass is 10.1. The lowest BCUT2D eigenvalue weighted by Crippen LogP contribution is -2.34. The van der Waals surface area contributed by atoms with Crippen molar-refractivity contribution in [1.29, 1.82) is 0 Å². The number of aryl methyl sites for hydroxylation is 1. The van der Waals surface area contributed by atoms with Gasteiger partial charge in [-0.2, -0.15) is 0 Å². The van der Waals surface area contributed by atoms with Crippen molar-refractivity contribution in [2.24, 2.45) is 5.73 Å². The van der Waals surface area contributed by atoms with Crippen LogP contribution in [-0.2, 0) is 6.42 Å². The van der Waals surface area contributed by atoms with Crippen LogP contribution in [0.3, 0.4) is 0 Å². The van der Waals surface area contributed by atoms with E-state index >= 15 is 0 Å². The molecule has 0 amide bonds. The lowest BCUT2D eigenvalue weighted by molar-refractivity contribution is 0.632. The molecule has 106 valence electrons. The average Bonchev–Trinajstić information content (AvgIpc) is 2.86. The molecular weight excluding hydrogens is 252 g/mol. The second-order valence-corrected chi connectivity index (χ2v) is 6.51. The zero-order valence-corrected chi connectivity index (χ0v) is 12.8. The van der Waals surface area contributed by atoms with E-state index in [1.165, 1.54) is 49.8 Å². The fourth-order valence-corrected chi connectivity index (χ4v) is 3.50. The predicted molar refractivity (Wildman–Crippen MR) is 86.7 cm³/mol. The van der Waals surface area contributed by atoms with Gasteiger partial charge in [0.1, 0.15) is 5.50 Å². The summed E-state index contributed by atoms with van der Waals surface area (Å²) in [5.74, 6) is 1.14. The van der Waals surface area contributed by atoms with Crippen molar-refractivity contribution < 1.29 is 0 Å². The third-order valence-corrected chi connectivity index (χ3v) is 4.78. The lowest BCUT2D eigenvalue weighted by Gasteiger charge is -2.22. The Balaban J connectivity index is 1.78. The first-order valence-corrected chi connectivity index (χ1v) is 8.59. The third kappa shape index (κ3) is 4.43. The highest BCUT2D eigenvalue weighted by atomic mass is 32.2. The number of hydrogen-bond acceptors (Lipinski definition) is 3. The molecule has 1 aromatic rings. The van der Waals surface area contributed by atoms with Crippen molar-refractivity contribution in [1.82, 2.24) is 0 Å². The second-order valence-electron chi connectivity index (χ2n) is 5.29. The molecule has 3 heteroatoms. The van der Waals surface area contributed by atoms with Crippen molar-refractivity contribution in [2.75, 3.05) is 17.2 Å². The van der Waals surface area contributed by atoms with Crippen LogP contribution in [0.15, 0.2) is 24.3 Å². The normalized spacial score (nSPS) is 19.1. The molecule has 2 nitrogen and oxygen atoms in total. The van der Waals surface area contributed by atoms with Crippen LogP contribution in [0.5, 0.6) is 0 Å². The number of thioether (sulfide) groups is 1. The molecule has 1 saturated heterocycles. The second kappa shape index (κ2) is 7.81. The van der Waals surface area contributed by atoms with E-state index in [-0.39, 0.29) is 5.50 Å². The van der Waals surface area contributed by atoms with E-state index in [2.05, 4.69) is 36.1 Å². The Labute approximate surface area is 121 Å². The van der Waals surface area contributed by atoms with Crippen LogP contribution in [0.1, 0.15) is 44.6 Å². The average molecular weight is 278 g/mol. The largest absolute Gasteiger partial charge is 0.347 e. The quantitative estimate of drug-likeness (QED) is 0.765. The summed E-state index contributed by atoms with van der Waals surface area (Å²) in [4.78, 5) is 2.29. The Morgan fingerprint density at radius 3 is 2.53 bits per heavy atom. The molecule has 0 radical (unpaired) electrons. The van der Waals surface area contributed by atoms with E-state index in [0.29, 0.717) is 0 Å². The highest BCUT2D eigenvalue weighted by Gasteiger charge is 2.21. The van der Waals surface area contributed by atoms with Crippen LogP contribution >= 0.6 is 11.8 Å². The smallest absolute Gasteiger partial charge is 0.125 e. The molecule has 0 aliphatic carbocycles. The maximum Gasteiger partial charge on any atom is 0.125 e. The summed E-state index contributed by atoms with van der Waals surface area (Å²) in [6.45, 7) is 3.34. The minimum atomic E-state index is 0.139. The molecular formula is C16H26N2S. The number of rotatable bonds is 7. The Hall–Kier alpha value is -0.670. The van der Waals surface area contributed by atoms with Gasteiger partial charge >= 0.3 is 0 Å². The number of hydrogen-bond donors (Lipinski definition) is 1. The Morgan fingerprint density at radius 2 is 1.89 bits per heavy atom. The van der Waals surface area contributed by atoms with Crippen molar-refractivity contribution in [3.63, 3.8) is 0 Å². The van der Waals surface area contributed by atoms with E-state index in [0.717, 1.165) is 12.3 Å². The number of nitrogens with zero attached hydrogens (tertiary/aromatic N) is 1. The van der Waals surface area contributed by atoms with Gasteiger partial charge in [0.2, 0.25) is 0 Å². The first-order chi connectivity index (χ1) is 9.31. The topological polar surface area (TPSA) is 29.3 Å². The Bertz CT molecular complexity index is 364.